The normalized spacial score (nSPS) is 16.2. The first-order chi connectivity index (χ1) is 11.6. The summed E-state index contributed by atoms with van der Waals surface area (Å²) < 4.78 is 19.9. The van der Waals surface area contributed by atoms with Crippen LogP contribution in [0.25, 0.3) is 0 Å². The second-order valence-electron chi connectivity index (χ2n) is 5.73. The smallest absolute Gasteiger partial charge is 0.171 e. The Bertz CT molecular complexity index is 769. The number of fused-ring (bicyclic) bond motifs is 1. The van der Waals surface area contributed by atoms with Gasteiger partial charge in [-0.15, -0.1) is 0 Å². The van der Waals surface area contributed by atoms with Crippen LogP contribution < -0.4 is 15.4 Å². The van der Waals surface area contributed by atoms with Crippen molar-refractivity contribution in [2.45, 2.75) is 25.3 Å². The van der Waals surface area contributed by atoms with E-state index in [9.17, 15) is 4.39 Å². The lowest BCUT2D eigenvalue weighted by molar-refractivity contribution is 0.412. The molecule has 0 saturated carbocycles. The van der Waals surface area contributed by atoms with Gasteiger partial charge < -0.3 is 15.4 Å². The molecule has 3 nitrogen and oxygen atoms in total. The molecule has 0 aliphatic heterocycles. The van der Waals surface area contributed by atoms with E-state index >= 15 is 0 Å². The third-order valence-corrected chi connectivity index (χ3v) is 4.86. The van der Waals surface area contributed by atoms with E-state index in [0.29, 0.717) is 15.3 Å². The number of aryl methyl sites for hydroxylation is 1. The maximum Gasteiger partial charge on any atom is 0.171 e. The van der Waals surface area contributed by atoms with E-state index in [0.717, 1.165) is 25.0 Å². The Hall–Kier alpha value is -1.66. The molecule has 0 heterocycles. The zero-order chi connectivity index (χ0) is 17.1. The van der Waals surface area contributed by atoms with Crippen molar-refractivity contribution in [2.75, 3.05) is 12.4 Å². The maximum atomic E-state index is 13.9. The fourth-order valence-corrected chi connectivity index (χ4v) is 3.56. The van der Waals surface area contributed by atoms with Gasteiger partial charge in [-0.2, -0.15) is 0 Å². The van der Waals surface area contributed by atoms with Gasteiger partial charge in [-0.05, 0) is 72.9 Å². The molecule has 3 rings (SSSR count). The fraction of sp³-hybridized carbons (Fsp3) is 0.278. The molecule has 0 bridgehead atoms. The lowest BCUT2D eigenvalue weighted by Gasteiger charge is -2.28. The fourth-order valence-electron chi connectivity index (χ4n) is 2.98. The third kappa shape index (κ3) is 3.87. The molecule has 1 atom stereocenters. The lowest BCUT2D eigenvalue weighted by Crippen LogP contribution is -2.34. The van der Waals surface area contributed by atoms with Gasteiger partial charge in [0.05, 0.1) is 18.8 Å². The SMILES string of the molecule is COc1ccc2c(c1)CCC[C@H]2NC(=S)Nc1ccc(Br)cc1F. The Kier molecular flexibility index (Phi) is 5.36. The van der Waals surface area contributed by atoms with Crippen LogP contribution in [0, 0.1) is 5.82 Å². The molecular weight excluding hydrogens is 391 g/mol. The highest BCUT2D eigenvalue weighted by Gasteiger charge is 2.21. The van der Waals surface area contributed by atoms with E-state index in [1.807, 2.05) is 6.07 Å². The Labute approximate surface area is 154 Å². The zero-order valence-corrected chi connectivity index (χ0v) is 15.6. The van der Waals surface area contributed by atoms with Crippen LogP contribution in [0.5, 0.6) is 5.75 Å². The van der Waals surface area contributed by atoms with Crippen LogP contribution in [-0.2, 0) is 6.42 Å². The monoisotopic (exact) mass is 408 g/mol. The summed E-state index contributed by atoms with van der Waals surface area (Å²) in [5, 5.41) is 6.66. The minimum Gasteiger partial charge on any atom is -0.497 e. The summed E-state index contributed by atoms with van der Waals surface area (Å²) in [6.45, 7) is 0. The summed E-state index contributed by atoms with van der Waals surface area (Å²) >= 11 is 8.61. The topological polar surface area (TPSA) is 33.3 Å². The number of hydrogen-bond acceptors (Lipinski definition) is 2. The van der Waals surface area contributed by atoms with Crippen molar-refractivity contribution in [1.82, 2.24) is 5.32 Å². The van der Waals surface area contributed by atoms with Gasteiger partial charge in [0.25, 0.3) is 0 Å². The number of benzene rings is 2. The number of nitrogens with one attached hydrogen (secondary N) is 2. The third-order valence-electron chi connectivity index (χ3n) is 4.15. The van der Waals surface area contributed by atoms with Crippen LogP contribution in [-0.4, -0.2) is 12.2 Å². The summed E-state index contributed by atoms with van der Waals surface area (Å²) in [6.07, 6.45) is 3.10. The standard InChI is InChI=1S/C18H18BrFN2OS/c1-23-13-6-7-14-11(9-13)3-2-4-16(14)21-18(24)22-17-8-5-12(19)10-15(17)20/h5-10,16H,2-4H2,1H3,(H2,21,22,24)/t16-/m1/s1. The van der Waals surface area contributed by atoms with Gasteiger partial charge >= 0.3 is 0 Å². The van der Waals surface area contributed by atoms with Crippen LogP contribution in [0.1, 0.15) is 30.0 Å². The molecule has 1 aliphatic carbocycles. The van der Waals surface area contributed by atoms with E-state index in [-0.39, 0.29) is 11.9 Å². The van der Waals surface area contributed by atoms with Crippen LogP contribution in [0.15, 0.2) is 40.9 Å². The Morgan fingerprint density at radius 3 is 2.88 bits per heavy atom. The number of anilines is 1. The first-order valence-corrected chi connectivity index (χ1v) is 8.96. The molecule has 0 unspecified atom stereocenters. The van der Waals surface area contributed by atoms with E-state index in [4.69, 9.17) is 17.0 Å². The first kappa shape index (κ1) is 17.2. The van der Waals surface area contributed by atoms with Gasteiger partial charge in [-0.25, -0.2) is 4.39 Å². The van der Waals surface area contributed by atoms with Gasteiger partial charge in [0, 0.05) is 4.47 Å². The van der Waals surface area contributed by atoms with Crippen LogP contribution in [0.4, 0.5) is 10.1 Å². The second kappa shape index (κ2) is 7.49. The summed E-state index contributed by atoms with van der Waals surface area (Å²) in [5.74, 6) is 0.523. The minimum absolute atomic E-state index is 0.123. The summed E-state index contributed by atoms with van der Waals surface area (Å²) in [4.78, 5) is 0. The van der Waals surface area contributed by atoms with E-state index in [2.05, 4.69) is 38.7 Å². The van der Waals surface area contributed by atoms with Gasteiger partial charge in [0.2, 0.25) is 0 Å². The number of methoxy groups -OCH3 is 1. The molecule has 126 valence electrons. The van der Waals surface area contributed by atoms with Crippen molar-refractivity contribution in [2.24, 2.45) is 0 Å². The Morgan fingerprint density at radius 1 is 1.29 bits per heavy atom. The van der Waals surface area contributed by atoms with Crippen molar-refractivity contribution >= 4 is 38.9 Å². The molecule has 2 N–H and O–H groups in total. The number of ether oxygens (including phenoxy) is 1. The van der Waals surface area contributed by atoms with E-state index in [1.54, 1.807) is 19.2 Å². The summed E-state index contributed by atoms with van der Waals surface area (Å²) in [5.41, 5.74) is 2.86. The molecule has 0 saturated heterocycles. The minimum atomic E-state index is -0.345. The number of rotatable bonds is 3. The number of hydrogen-bond donors (Lipinski definition) is 2. The highest BCUT2D eigenvalue weighted by atomic mass is 79.9. The molecule has 1 aliphatic rings. The molecule has 0 aromatic heterocycles. The first-order valence-electron chi connectivity index (χ1n) is 7.76. The van der Waals surface area contributed by atoms with Gasteiger partial charge in [-0.3, -0.25) is 0 Å². The average molecular weight is 409 g/mol. The Morgan fingerprint density at radius 2 is 2.12 bits per heavy atom. The molecule has 0 fully saturated rings. The molecule has 0 amide bonds. The molecule has 6 heteroatoms. The molecule has 2 aromatic rings. The van der Waals surface area contributed by atoms with Crippen molar-refractivity contribution in [1.29, 1.82) is 0 Å². The average Bonchev–Trinajstić information content (AvgIpc) is 2.57. The lowest BCUT2D eigenvalue weighted by atomic mass is 9.87. The van der Waals surface area contributed by atoms with Gasteiger partial charge in [0.15, 0.2) is 5.11 Å². The van der Waals surface area contributed by atoms with E-state index < -0.39 is 0 Å². The predicted molar refractivity (Wildman–Crippen MR) is 102 cm³/mol. The van der Waals surface area contributed by atoms with Crippen LogP contribution in [0.3, 0.4) is 0 Å². The highest BCUT2D eigenvalue weighted by molar-refractivity contribution is 9.10. The summed E-state index contributed by atoms with van der Waals surface area (Å²) in [7, 11) is 1.67. The zero-order valence-electron chi connectivity index (χ0n) is 13.2. The summed E-state index contributed by atoms with van der Waals surface area (Å²) in [6, 6.07) is 11.1. The Balaban J connectivity index is 1.71. The number of halogens is 2. The predicted octanol–water partition coefficient (Wildman–Crippen LogP) is 4.96. The van der Waals surface area contributed by atoms with Crippen molar-refractivity contribution < 1.29 is 9.13 Å². The second-order valence-corrected chi connectivity index (χ2v) is 7.06. The molecule has 0 radical (unpaired) electrons. The van der Waals surface area contributed by atoms with Crippen LogP contribution >= 0.6 is 28.1 Å². The largest absolute Gasteiger partial charge is 0.497 e. The highest BCUT2D eigenvalue weighted by Crippen LogP contribution is 2.32. The maximum absolute atomic E-state index is 13.9. The van der Waals surface area contributed by atoms with Gasteiger partial charge in [-0.1, -0.05) is 22.0 Å². The quantitative estimate of drug-likeness (QED) is 0.703. The number of thiocarbonyl (C=S) groups is 1. The van der Waals surface area contributed by atoms with Crippen molar-refractivity contribution in [3.63, 3.8) is 0 Å². The van der Waals surface area contributed by atoms with Crippen molar-refractivity contribution in [3.8, 4) is 5.75 Å². The molecule has 0 spiro atoms. The molecule has 24 heavy (non-hydrogen) atoms. The molecular formula is C18H18BrFN2OS. The van der Waals surface area contributed by atoms with Crippen molar-refractivity contribution in [3.05, 3.63) is 57.8 Å². The van der Waals surface area contributed by atoms with Crippen LogP contribution in [0.2, 0.25) is 0 Å². The molecule has 2 aromatic carbocycles. The van der Waals surface area contributed by atoms with Gasteiger partial charge in [0.1, 0.15) is 11.6 Å². The van der Waals surface area contributed by atoms with E-state index in [1.165, 1.54) is 17.2 Å².